The zero-order valence-electron chi connectivity index (χ0n) is 15.1. The van der Waals surface area contributed by atoms with Crippen molar-refractivity contribution in [3.05, 3.63) is 65.9 Å². The molecule has 0 spiro atoms. The molecule has 0 aliphatic carbocycles. The molecule has 0 amide bonds. The van der Waals surface area contributed by atoms with E-state index in [9.17, 15) is 0 Å². The number of nitrogens with zero attached hydrogens (tertiary/aromatic N) is 2. The minimum absolute atomic E-state index is 0.270. The Labute approximate surface area is 149 Å². The Hall–Kier alpha value is -2.59. The number of aryl methyl sites for hydroxylation is 2. The maximum absolute atomic E-state index is 5.95. The molecule has 2 aromatic rings. The van der Waals surface area contributed by atoms with Crippen LogP contribution in [0.3, 0.4) is 0 Å². The van der Waals surface area contributed by atoms with Crippen LogP contribution in [0.2, 0.25) is 0 Å². The Bertz CT molecular complexity index is 811. The minimum atomic E-state index is -0.270. The molecule has 2 N–H and O–H groups in total. The molecular weight excluding hydrogens is 310 g/mol. The molecule has 0 bridgehead atoms. The molecule has 1 atom stereocenters. The summed E-state index contributed by atoms with van der Waals surface area (Å²) in [4.78, 5) is 6.41. The molecule has 1 heterocycles. The zero-order chi connectivity index (χ0) is 17.8. The standard InChI is InChI=1S/C21H25N3O/c1-15-13-19(25-3)9-10-20(15)17-6-4-5-16(14-17)7-8-18-11-12-24(2)21(22)23-18/h4-6,9-14,21H,7-8,22H2,1-3H3. The Kier molecular flexibility index (Phi) is 5.19. The fraction of sp³-hybridized carbons (Fsp3) is 0.286. The van der Waals surface area contributed by atoms with Crippen molar-refractivity contribution >= 4 is 5.71 Å². The molecule has 0 radical (unpaired) electrons. The molecule has 2 aromatic carbocycles. The first kappa shape index (κ1) is 17.2. The van der Waals surface area contributed by atoms with E-state index in [2.05, 4.69) is 48.3 Å². The van der Waals surface area contributed by atoms with Gasteiger partial charge in [-0.1, -0.05) is 30.3 Å². The fourth-order valence-corrected chi connectivity index (χ4v) is 3.00. The van der Waals surface area contributed by atoms with Crippen LogP contribution >= 0.6 is 0 Å². The van der Waals surface area contributed by atoms with Crippen molar-refractivity contribution in [1.82, 2.24) is 4.90 Å². The van der Waals surface area contributed by atoms with Crippen molar-refractivity contribution in [3.63, 3.8) is 0 Å². The van der Waals surface area contributed by atoms with E-state index >= 15 is 0 Å². The Balaban J connectivity index is 1.74. The van der Waals surface area contributed by atoms with Gasteiger partial charge >= 0.3 is 0 Å². The summed E-state index contributed by atoms with van der Waals surface area (Å²) in [5, 5.41) is 0. The van der Waals surface area contributed by atoms with Gasteiger partial charge in [-0.15, -0.1) is 0 Å². The zero-order valence-corrected chi connectivity index (χ0v) is 15.1. The molecule has 1 unspecified atom stereocenters. The van der Waals surface area contributed by atoms with Gasteiger partial charge in [-0.3, -0.25) is 10.7 Å². The Morgan fingerprint density at radius 3 is 2.72 bits per heavy atom. The first-order valence-electron chi connectivity index (χ1n) is 8.53. The van der Waals surface area contributed by atoms with Crippen molar-refractivity contribution in [3.8, 4) is 16.9 Å². The lowest BCUT2D eigenvalue weighted by Gasteiger charge is -2.23. The van der Waals surface area contributed by atoms with Crippen LogP contribution in [0.4, 0.5) is 0 Å². The molecule has 25 heavy (non-hydrogen) atoms. The summed E-state index contributed by atoms with van der Waals surface area (Å²) in [6.45, 7) is 2.12. The van der Waals surface area contributed by atoms with E-state index in [-0.39, 0.29) is 6.29 Å². The minimum Gasteiger partial charge on any atom is -0.497 e. The lowest BCUT2D eigenvalue weighted by molar-refractivity contribution is 0.343. The molecule has 130 valence electrons. The SMILES string of the molecule is COc1ccc(-c2cccc(CCC3=NC(N)N(C)C=C3)c2)c(C)c1. The molecule has 1 aliphatic rings. The fourth-order valence-electron chi connectivity index (χ4n) is 3.00. The molecule has 4 nitrogen and oxygen atoms in total. The number of aliphatic imine (C=N–C) groups is 1. The van der Waals surface area contributed by atoms with Crippen LogP contribution in [-0.4, -0.2) is 31.1 Å². The molecule has 0 saturated heterocycles. The van der Waals surface area contributed by atoms with E-state index in [0.717, 1.165) is 24.3 Å². The predicted octanol–water partition coefficient (Wildman–Crippen LogP) is 3.75. The maximum Gasteiger partial charge on any atom is 0.173 e. The molecule has 0 fully saturated rings. The highest BCUT2D eigenvalue weighted by atomic mass is 16.5. The largest absolute Gasteiger partial charge is 0.497 e. The number of allylic oxidation sites excluding steroid dienone is 1. The van der Waals surface area contributed by atoms with Crippen molar-refractivity contribution in [2.75, 3.05) is 14.2 Å². The van der Waals surface area contributed by atoms with Crippen molar-refractivity contribution in [2.45, 2.75) is 26.1 Å². The Morgan fingerprint density at radius 2 is 2.00 bits per heavy atom. The summed E-state index contributed by atoms with van der Waals surface area (Å²) in [7, 11) is 3.63. The third kappa shape index (κ3) is 4.09. The highest BCUT2D eigenvalue weighted by Crippen LogP contribution is 2.27. The molecule has 1 aliphatic heterocycles. The van der Waals surface area contributed by atoms with Gasteiger partial charge in [0.1, 0.15) is 5.75 Å². The highest BCUT2D eigenvalue weighted by molar-refractivity contribution is 5.95. The quantitative estimate of drug-likeness (QED) is 0.905. The molecule has 4 heteroatoms. The van der Waals surface area contributed by atoms with Gasteiger partial charge in [-0.05, 0) is 60.2 Å². The third-order valence-corrected chi connectivity index (χ3v) is 4.56. The van der Waals surface area contributed by atoms with Gasteiger partial charge in [0.2, 0.25) is 0 Å². The average Bonchev–Trinajstić information content (AvgIpc) is 2.63. The van der Waals surface area contributed by atoms with Crippen LogP contribution in [0.15, 0.2) is 59.7 Å². The second-order valence-corrected chi connectivity index (χ2v) is 6.40. The van der Waals surface area contributed by atoms with Gasteiger partial charge in [-0.2, -0.15) is 0 Å². The maximum atomic E-state index is 5.95. The number of methoxy groups -OCH3 is 1. The van der Waals surface area contributed by atoms with E-state index < -0.39 is 0 Å². The molecule has 0 aromatic heterocycles. The van der Waals surface area contributed by atoms with Crippen molar-refractivity contribution < 1.29 is 4.74 Å². The normalized spacial score (nSPS) is 16.7. The van der Waals surface area contributed by atoms with Gasteiger partial charge in [-0.25, -0.2) is 0 Å². The van der Waals surface area contributed by atoms with E-state index in [0.29, 0.717) is 0 Å². The Morgan fingerprint density at radius 1 is 1.16 bits per heavy atom. The summed E-state index contributed by atoms with van der Waals surface area (Å²) >= 11 is 0. The number of hydrogen-bond acceptors (Lipinski definition) is 4. The second-order valence-electron chi connectivity index (χ2n) is 6.40. The van der Waals surface area contributed by atoms with E-state index in [1.165, 1.54) is 22.3 Å². The van der Waals surface area contributed by atoms with Crippen LogP contribution < -0.4 is 10.5 Å². The second kappa shape index (κ2) is 7.53. The number of ether oxygens (including phenoxy) is 1. The van der Waals surface area contributed by atoms with E-state index in [1.54, 1.807) is 7.11 Å². The van der Waals surface area contributed by atoms with Crippen LogP contribution in [0, 0.1) is 6.92 Å². The van der Waals surface area contributed by atoms with Gasteiger partial charge in [0, 0.05) is 19.0 Å². The summed E-state index contributed by atoms with van der Waals surface area (Å²) in [5.74, 6) is 0.890. The molecule has 0 saturated carbocycles. The van der Waals surface area contributed by atoms with Crippen molar-refractivity contribution in [2.24, 2.45) is 10.7 Å². The summed E-state index contributed by atoms with van der Waals surface area (Å²) < 4.78 is 5.30. The van der Waals surface area contributed by atoms with Crippen molar-refractivity contribution in [1.29, 1.82) is 0 Å². The summed E-state index contributed by atoms with van der Waals surface area (Å²) in [6, 6.07) is 14.9. The highest BCUT2D eigenvalue weighted by Gasteiger charge is 2.10. The van der Waals surface area contributed by atoms with Gasteiger partial charge in [0.15, 0.2) is 6.29 Å². The average molecular weight is 335 g/mol. The number of benzene rings is 2. The first-order chi connectivity index (χ1) is 12.1. The number of rotatable bonds is 5. The van der Waals surface area contributed by atoms with Crippen LogP contribution in [-0.2, 0) is 6.42 Å². The first-order valence-corrected chi connectivity index (χ1v) is 8.53. The number of nitrogens with two attached hydrogens (primary N) is 1. The molecular formula is C21H25N3O. The van der Waals surface area contributed by atoms with Gasteiger partial charge < -0.3 is 9.64 Å². The number of hydrogen-bond donors (Lipinski definition) is 1. The van der Waals surface area contributed by atoms with E-state index in [1.807, 2.05) is 30.3 Å². The summed E-state index contributed by atoms with van der Waals surface area (Å²) in [6.07, 6.45) is 5.60. The predicted molar refractivity (Wildman–Crippen MR) is 104 cm³/mol. The smallest absolute Gasteiger partial charge is 0.173 e. The monoisotopic (exact) mass is 335 g/mol. The van der Waals surface area contributed by atoms with Crippen LogP contribution in [0.5, 0.6) is 5.75 Å². The topological polar surface area (TPSA) is 50.9 Å². The van der Waals surface area contributed by atoms with E-state index in [4.69, 9.17) is 10.5 Å². The lowest BCUT2D eigenvalue weighted by atomic mass is 9.97. The molecule has 3 rings (SSSR count). The summed E-state index contributed by atoms with van der Waals surface area (Å²) in [5.41, 5.74) is 12.0. The van der Waals surface area contributed by atoms with Gasteiger partial charge in [0.25, 0.3) is 0 Å². The van der Waals surface area contributed by atoms with Gasteiger partial charge in [0.05, 0.1) is 7.11 Å². The van der Waals surface area contributed by atoms with Crippen LogP contribution in [0.1, 0.15) is 17.5 Å². The lowest BCUT2D eigenvalue weighted by Crippen LogP contribution is -2.36. The van der Waals surface area contributed by atoms with Crippen LogP contribution in [0.25, 0.3) is 11.1 Å². The third-order valence-electron chi connectivity index (χ3n) is 4.56.